The molecule has 8 fully saturated rings. The fourth-order valence-corrected chi connectivity index (χ4v) is 17.9. The molecule has 502 valence electrons. The number of hydrogen-bond acceptors (Lipinski definition) is 4. The molecule has 10 aliphatic heterocycles. The van der Waals surface area contributed by atoms with Gasteiger partial charge >= 0.3 is 0 Å². The Balaban J connectivity index is 0.000000168. The lowest BCUT2D eigenvalue weighted by molar-refractivity contribution is -0.964. The van der Waals surface area contributed by atoms with E-state index in [1.54, 1.807) is 0 Å². The summed E-state index contributed by atoms with van der Waals surface area (Å²) in [4.78, 5) is 7.82. The molecule has 2 aromatic rings. The van der Waals surface area contributed by atoms with Crippen LogP contribution in [-0.4, -0.2) is 193 Å². The summed E-state index contributed by atoms with van der Waals surface area (Å²) < 4.78 is 12.5. The zero-order valence-corrected chi connectivity index (χ0v) is 62.7. The van der Waals surface area contributed by atoms with Crippen LogP contribution in [0.15, 0.2) is 24.5 Å². The fourth-order valence-electron chi connectivity index (χ4n) is 17.9. The number of nitrogens with zero attached hydrogens (tertiary/aromatic N) is 10. The molecular weight excluding hydrogens is 1070 g/mol. The number of hydrogen-bond donors (Lipinski definition) is 1. The summed E-state index contributed by atoms with van der Waals surface area (Å²) in [6.45, 7) is 77.5. The lowest BCUT2D eigenvalue weighted by atomic mass is 9.64. The second kappa shape index (κ2) is 30.6. The maximum atomic E-state index is 3.47. The third-order valence-corrected chi connectivity index (χ3v) is 26.0. The molecule has 0 amide bonds. The molecule has 0 aromatic carbocycles. The third-order valence-electron chi connectivity index (χ3n) is 26.0. The molecule has 0 aliphatic carbocycles. The maximum Gasteiger partial charge on any atom is 0.206 e. The first-order valence-corrected chi connectivity index (χ1v) is 37.2. The Morgan fingerprint density at radius 3 is 1.45 bits per heavy atom. The standard InChI is InChI=1S/C16H33N2.C13H27N2.C13H21N2.C13H26N.C11H19N3.C10H22N/c1-14(2)17-10-6-16(7-11-17)8-12-18(5,13-9-16)15(3)4;1-10(2)14-6-12-8-15(5,11(3)4)9-13(12)7-14;1-10(2)14-8-5-6-12-13(14)7-9-15(12)11(3)4;1-11(2)13-5-8-14(9-6-13,10-7-13)12(3)4;1-8(2)10-7-14(9(3)4)13-6-5-12-11(10)13;1-9(2)11(10(3)4)7-5-6-8-11/h14-15H,6-13H2,1-5H3;10-13H,6-9H2,1-5H3;5-6,8,10-11H,7,9H2,1-4H3;11-12H,5-10H2,1-4H3;7-9H,5-6H2,1-4H3;9-10H,5-8H2,1-4H3/q4*+1;;+1/p+1. The van der Waals surface area contributed by atoms with Crippen molar-refractivity contribution in [3.8, 4) is 0 Å². The predicted molar refractivity (Wildman–Crippen MR) is 375 cm³/mol. The summed E-state index contributed by atoms with van der Waals surface area (Å²) in [5, 5.41) is 3.47. The number of quaternary nitrogens is 4. The van der Waals surface area contributed by atoms with Gasteiger partial charge in [-0.15, -0.1) is 9.36 Å². The molecule has 0 radical (unpaired) electrons. The van der Waals surface area contributed by atoms with Crippen molar-refractivity contribution in [1.82, 2.24) is 14.5 Å². The highest BCUT2D eigenvalue weighted by Crippen LogP contribution is 2.50. The Kier molecular flexibility index (Phi) is 26.0. The average Bonchev–Trinajstić information content (AvgIpc) is 1.75. The Labute approximate surface area is 540 Å². The zero-order valence-electron chi connectivity index (χ0n) is 62.7. The van der Waals surface area contributed by atoms with Crippen molar-refractivity contribution in [3.05, 3.63) is 35.8 Å². The fraction of sp³-hybridized carbons (Fsp3) is 0.895. The van der Waals surface area contributed by atoms with E-state index in [1.807, 2.05) is 0 Å². The first-order chi connectivity index (χ1) is 40.6. The van der Waals surface area contributed by atoms with E-state index in [4.69, 9.17) is 0 Å². The SMILES string of the molecule is CC(C)C12CC[N+](C(C)C)(CC1)CC2.CC(C)N1CC2C[N+](C)(C(C)C)CC2C1.CC(C)N1CCC2(CC1)CC[N+](C)(C(C)C)CC2.CC(C)N1CCc2c1ccc[n+]2C(C)C.CC(C)[N+]1(C(C)C)CCCC1.CC(C)c1c[n+](C(C)C)n2c1NCC2. The van der Waals surface area contributed by atoms with Gasteiger partial charge in [-0.3, -0.25) is 4.90 Å². The van der Waals surface area contributed by atoms with Gasteiger partial charge in [-0.2, -0.15) is 4.57 Å². The summed E-state index contributed by atoms with van der Waals surface area (Å²) in [7, 11) is 4.91. The topological polar surface area (TPSA) is 34.4 Å². The van der Waals surface area contributed by atoms with Crippen LogP contribution >= 0.6 is 0 Å². The highest BCUT2D eigenvalue weighted by Gasteiger charge is 2.52. The summed E-state index contributed by atoms with van der Waals surface area (Å²) in [6.07, 6.45) is 18.9. The predicted octanol–water partition coefficient (Wildman–Crippen LogP) is 14.6. The third kappa shape index (κ3) is 17.1. The van der Waals surface area contributed by atoms with E-state index in [-0.39, 0.29) is 0 Å². The first-order valence-electron chi connectivity index (χ1n) is 37.2. The van der Waals surface area contributed by atoms with Crippen LogP contribution in [-0.2, 0) is 13.0 Å². The summed E-state index contributed by atoms with van der Waals surface area (Å²) >= 11 is 0. The van der Waals surface area contributed by atoms with Gasteiger partial charge in [-0.1, -0.05) is 27.7 Å². The van der Waals surface area contributed by atoms with Crippen molar-refractivity contribution in [1.29, 1.82) is 0 Å². The summed E-state index contributed by atoms with van der Waals surface area (Å²) in [6, 6.07) is 11.7. The quantitative estimate of drug-likeness (QED) is 0.170. The monoisotopic (exact) mass is 1220 g/mol. The maximum absolute atomic E-state index is 3.47. The number of likely N-dealkylation sites (tertiary alicyclic amines) is 5. The van der Waals surface area contributed by atoms with E-state index in [2.05, 4.69) is 239 Å². The molecule has 8 saturated heterocycles. The molecule has 11 heteroatoms. The smallest absolute Gasteiger partial charge is 0.206 e. The van der Waals surface area contributed by atoms with Crippen molar-refractivity contribution in [2.75, 3.05) is 122 Å². The number of nitrogens with one attached hydrogen (secondary N) is 1. The van der Waals surface area contributed by atoms with Crippen molar-refractivity contribution >= 4 is 11.5 Å². The first kappa shape index (κ1) is 73.8. The van der Waals surface area contributed by atoms with Crippen molar-refractivity contribution < 1.29 is 27.2 Å². The highest BCUT2D eigenvalue weighted by molar-refractivity contribution is 5.53. The van der Waals surface area contributed by atoms with Gasteiger partial charge in [0.05, 0.1) is 122 Å². The lowest BCUT2D eigenvalue weighted by Gasteiger charge is -2.58. The van der Waals surface area contributed by atoms with E-state index in [9.17, 15) is 0 Å². The lowest BCUT2D eigenvalue weighted by Crippen LogP contribution is -2.65. The second-order valence-corrected chi connectivity index (χ2v) is 34.3. The highest BCUT2D eigenvalue weighted by atomic mass is 15.5. The van der Waals surface area contributed by atoms with E-state index in [1.165, 1.54) is 197 Å². The van der Waals surface area contributed by atoms with Crippen LogP contribution in [0.4, 0.5) is 11.5 Å². The molecule has 87 heavy (non-hydrogen) atoms. The average molecular weight is 1220 g/mol. The van der Waals surface area contributed by atoms with Crippen molar-refractivity contribution in [2.24, 2.45) is 28.6 Å². The number of pyridine rings is 1. The Morgan fingerprint density at radius 2 is 1.05 bits per heavy atom. The Bertz CT molecular complexity index is 2260. The Morgan fingerprint density at radius 1 is 0.529 bits per heavy atom. The number of fused-ring (bicyclic) bond motifs is 6. The van der Waals surface area contributed by atoms with Gasteiger partial charge in [0.25, 0.3) is 0 Å². The number of anilines is 2. The van der Waals surface area contributed by atoms with Gasteiger partial charge < -0.3 is 33.0 Å². The number of rotatable bonds is 12. The second-order valence-electron chi connectivity index (χ2n) is 34.3. The van der Waals surface area contributed by atoms with E-state index in [0.717, 1.165) is 78.6 Å². The molecule has 2 unspecified atom stereocenters. The molecule has 10 aliphatic rings. The molecule has 2 atom stereocenters. The molecule has 1 N–H and O–H groups in total. The van der Waals surface area contributed by atoms with Gasteiger partial charge in [-0.25, -0.2) is 0 Å². The van der Waals surface area contributed by atoms with Crippen LogP contribution in [0.2, 0.25) is 0 Å². The molecule has 0 saturated carbocycles. The molecule has 2 bridgehead atoms. The van der Waals surface area contributed by atoms with E-state index < -0.39 is 0 Å². The number of aromatic nitrogens is 3. The van der Waals surface area contributed by atoms with Crippen LogP contribution < -0.4 is 19.5 Å². The molecular formula is C76H149N11+6. The zero-order chi connectivity index (χ0) is 64.8. The summed E-state index contributed by atoms with van der Waals surface area (Å²) in [5.41, 5.74) is 5.81. The van der Waals surface area contributed by atoms with Gasteiger partial charge in [0.1, 0.15) is 5.69 Å². The molecule has 12 heterocycles. The minimum absolute atomic E-state index is 0.543. The van der Waals surface area contributed by atoms with Crippen molar-refractivity contribution in [3.63, 3.8) is 0 Å². The van der Waals surface area contributed by atoms with Gasteiger partial charge in [0.2, 0.25) is 11.9 Å². The van der Waals surface area contributed by atoms with Crippen molar-refractivity contribution in [2.45, 2.75) is 303 Å². The number of piperidine rings is 5. The minimum Gasteiger partial charge on any atom is -0.365 e. The molecule has 11 nitrogen and oxygen atoms in total. The largest absolute Gasteiger partial charge is 0.365 e. The van der Waals surface area contributed by atoms with Crippen LogP contribution in [0.5, 0.6) is 0 Å². The molecule has 2 aromatic heterocycles. The summed E-state index contributed by atoms with van der Waals surface area (Å²) in [5.74, 6) is 4.77. The molecule has 1 spiro atoms. The van der Waals surface area contributed by atoms with E-state index in [0.29, 0.717) is 29.5 Å². The van der Waals surface area contributed by atoms with Gasteiger partial charge in [0.15, 0.2) is 24.1 Å². The minimum atomic E-state index is 0.543. The van der Waals surface area contributed by atoms with E-state index >= 15 is 0 Å². The van der Waals surface area contributed by atoms with Crippen LogP contribution in [0, 0.1) is 28.6 Å². The van der Waals surface area contributed by atoms with Gasteiger partial charge in [0, 0.05) is 107 Å². The van der Waals surface area contributed by atoms with Crippen LogP contribution in [0.25, 0.3) is 0 Å². The Hall–Kier alpha value is -2.28. The van der Waals surface area contributed by atoms with Crippen LogP contribution in [0.3, 0.4) is 0 Å². The van der Waals surface area contributed by atoms with Crippen LogP contribution in [0.1, 0.15) is 253 Å². The normalized spacial score (nSPS) is 27.9. The van der Waals surface area contributed by atoms with Gasteiger partial charge in [-0.05, 0) is 193 Å². The molecule has 12 rings (SSSR count).